The van der Waals surface area contributed by atoms with Crippen molar-refractivity contribution in [1.29, 1.82) is 0 Å². The maximum Gasteiger partial charge on any atom is 0.170 e. The van der Waals surface area contributed by atoms with Gasteiger partial charge in [0.2, 0.25) is 0 Å². The summed E-state index contributed by atoms with van der Waals surface area (Å²) < 4.78 is 16.8. The fourth-order valence-corrected chi connectivity index (χ4v) is 2.28. The molecule has 0 fully saturated rings. The third-order valence-electron chi connectivity index (χ3n) is 3.35. The van der Waals surface area contributed by atoms with E-state index in [-0.39, 0.29) is 0 Å². The van der Waals surface area contributed by atoms with Gasteiger partial charge in [-0.2, -0.15) is 0 Å². The second-order valence-corrected chi connectivity index (χ2v) is 4.92. The number of allylic oxidation sites excluding steroid dienone is 1. The van der Waals surface area contributed by atoms with Crippen molar-refractivity contribution in [3.63, 3.8) is 0 Å². The van der Waals surface area contributed by atoms with Gasteiger partial charge in [0.05, 0.1) is 13.3 Å². The molecule has 0 spiro atoms. The van der Waals surface area contributed by atoms with E-state index < -0.39 is 0 Å². The first-order chi connectivity index (χ1) is 11.8. The van der Waals surface area contributed by atoms with E-state index in [9.17, 15) is 0 Å². The minimum atomic E-state index is 0.328. The number of rotatable bonds is 9. The smallest absolute Gasteiger partial charge is 0.170 e. The molecule has 0 unspecified atom stereocenters. The highest BCUT2D eigenvalue weighted by Gasteiger charge is 2.09. The molecule has 0 atom stereocenters. The van der Waals surface area contributed by atoms with Gasteiger partial charge in [-0.05, 0) is 30.2 Å². The van der Waals surface area contributed by atoms with Crippen molar-refractivity contribution in [2.24, 2.45) is 5.16 Å². The Morgan fingerprint density at radius 3 is 2.54 bits per heavy atom. The van der Waals surface area contributed by atoms with E-state index in [1.54, 1.807) is 25.3 Å². The molecule has 5 nitrogen and oxygen atoms in total. The van der Waals surface area contributed by atoms with Crippen molar-refractivity contribution in [3.8, 4) is 17.2 Å². The predicted octanol–water partition coefficient (Wildman–Crippen LogP) is 3.69. The van der Waals surface area contributed by atoms with E-state index in [1.165, 1.54) is 6.21 Å². The van der Waals surface area contributed by atoms with Gasteiger partial charge in [0.25, 0.3) is 0 Å². The molecule has 0 aliphatic rings. The maximum absolute atomic E-state index is 8.75. The Labute approximate surface area is 141 Å². The molecule has 2 aromatic rings. The third kappa shape index (κ3) is 4.52. The summed E-state index contributed by atoms with van der Waals surface area (Å²) in [5.41, 5.74) is 1.71. The van der Waals surface area contributed by atoms with Crippen LogP contribution in [0.5, 0.6) is 17.2 Å². The number of hydrogen-bond donors (Lipinski definition) is 1. The van der Waals surface area contributed by atoms with Crippen LogP contribution in [0.15, 0.2) is 60.3 Å². The molecule has 0 radical (unpaired) electrons. The molecule has 0 bridgehead atoms. The molecule has 2 aromatic carbocycles. The topological polar surface area (TPSA) is 60.3 Å². The number of para-hydroxylation sites is 2. The normalized spacial score (nSPS) is 10.5. The van der Waals surface area contributed by atoms with Crippen LogP contribution in [0.2, 0.25) is 0 Å². The first kappa shape index (κ1) is 17.4. The van der Waals surface area contributed by atoms with Crippen molar-refractivity contribution >= 4 is 6.21 Å². The van der Waals surface area contributed by atoms with Crippen LogP contribution in [0.4, 0.5) is 0 Å². The Balaban J connectivity index is 1.99. The Hall–Kier alpha value is -2.95. The van der Waals surface area contributed by atoms with Gasteiger partial charge in [-0.25, -0.2) is 0 Å². The van der Waals surface area contributed by atoms with E-state index in [4.69, 9.17) is 19.4 Å². The predicted molar refractivity (Wildman–Crippen MR) is 93.7 cm³/mol. The largest absolute Gasteiger partial charge is 0.493 e. The van der Waals surface area contributed by atoms with E-state index in [1.807, 2.05) is 30.3 Å². The first-order valence-corrected chi connectivity index (χ1v) is 7.59. The van der Waals surface area contributed by atoms with E-state index in [2.05, 4.69) is 11.7 Å². The molecule has 0 saturated carbocycles. The monoisotopic (exact) mass is 327 g/mol. The van der Waals surface area contributed by atoms with Gasteiger partial charge >= 0.3 is 0 Å². The Bertz CT molecular complexity index is 698. The minimum absolute atomic E-state index is 0.328. The van der Waals surface area contributed by atoms with Crippen molar-refractivity contribution in [2.75, 3.05) is 20.3 Å². The van der Waals surface area contributed by atoms with Gasteiger partial charge in [-0.3, -0.25) is 0 Å². The SMILES string of the molecule is C=CCc1ccccc1OCCOc1c(/C=N/O)cccc1OC. The molecule has 1 N–H and O–H groups in total. The van der Waals surface area contributed by atoms with Crippen LogP contribution < -0.4 is 14.2 Å². The van der Waals surface area contributed by atoms with Crippen LogP contribution in [0.3, 0.4) is 0 Å². The van der Waals surface area contributed by atoms with Crippen LogP contribution in [0, 0.1) is 0 Å². The molecule has 0 saturated heterocycles. The van der Waals surface area contributed by atoms with E-state index in [0.717, 1.165) is 17.7 Å². The van der Waals surface area contributed by atoms with Gasteiger partial charge in [0.1, 0.15) is 19.0 Å². The summed E-state index contributed by atoms with van der Waals surface area (Å²) in [4.78, 5) is 0. The van der Waals surface area contributed by atoms with Crippen LogP contribution >= 0.6 is 0 Å². The van der Waals surface area contributed by atoms with Gasteiger partial charge < -0.3 is 19.4 Å². The number of ether oxygens (including phenoxy) is 3. The lowest BCUT2D eigenvalue weighted by Gasteiger charge is -2.14. The van der Waals surface area contributed by atoms with Crippen molar-refractivity contribution in [3.05, 3.63) is 66.2 Å². The summed E-state index contributed by atoms with van der Waals surface area (Å²) in [5.74, 6) is 1.90. The Kier molecular flexibility index (Phi) is 6.71. The summed E-state index contributed by atoms with van der Waals surface area (Å²) in [5, 5.41) is 11.8. The minimum Gasteiger partial charge on any atom is -0.493 e. The molecule has 0 aliphatic carbocycles. The number of benzene rings is 2. The molecular formula is C19H21NO4. The zero-order chi connectivity index (χ0) is 17.2. The zero-order valence-electron chi connectivity index (χ0n) is 13.6. The van der Waals surface area contributed by atoms with Crippen LogP contribution in [0.25, 0.3) is 0 Å². The quantitative estimate of drug-likeness (QED) is 0.251. The average Bonchev–Trinajstić information content (AvgIpc) is 2.61. The fourth-order valence-electron chi connectivity index (χ4n) is 2.28. The molecule has 0 heterocycles. The van der Waals surface area contributed by atoms with Gasteiger partial charge in [0, 0.05) is 5.56 Å². The van der Waals surface area contributed by atoms with Crippen molar-refractivity contribution in [1.82, 2.24) is 0 Å². The summed E-state index contributed by atoms with van der Waals surface area (Å²) in [6.07, 6.45) is 3.90. The highest BCUT2D eigenvalue weighted by molar-refractivity contribution is 5.84. The van der Waals surface area contributed by atoms with E-state index >= 15 is 0 Å². The molecule has 0 aromatic heterocycles. The standard InChI is InChI=1S/C19H21NO4/c1-3-7-15-8-4-5-10-17(15)23-12-13-24-19-16(14-20-21)9-6-11-18(19)22-2/h3-6,8-11,14,21H,1,7,12-13H2,2H3/b20-14+. The summed E-state index contributed by atoms with van der Waals surface area (Å²) in [7, 11) is 1.56. The highest BCUT2D eigenvalue weighted by atomic mass is 16.5. The molecule has 24 heavy (non-hydrogen) atoms. The first-order valence-electron chi connectivity index (χ1n) is 7.59. The zero-order valence-corrected chi connectivity index (χ0v) is 13.6. The summed E-state index contributed by atoms with van der Waals surface area (Å²) >= 11 is 0. The average molecular weight is 327 g/mol. The summed E-state index contributed by atoms with van der Waals surface area (Å²) in [6, 6.07) is 13.2. The lowest BCUT2D eigenvalue weighted by atomic mass is 10.1. The van der Waals surface area contributed by atoms with Gasteiger partial charge in [-0.1, -0.05) is 35.5 Å². The lowest BCUT2D eigenvalue weighted by Crippen LogP contribution is -2.11. The lowest BCUT2D eigenvalue weighted by molar-refractivity contribution is 0.210. The highest BCUT2D eigenvalue weighted by Crippen LogP contribution is 2.30. The molecular weight excluding hydrogens is 306 g/mol. The molecule has 0 aliphatic heterocycles. The molecule has 2 rings (SSSR count). The van der Waals surface area contributed by atoms with E-state index in [0.29, 0.717) is 30.3 Å². The summed E-state index contributed by atoms with van der Waals surface area (Å²) in [6.45, 7) is 4.46. The Morgan fingerprint density at radius 1 is 1.04 bits per heavy atom. The Morgan fingerprint density at radius 2 is 1.79 bits per heavy atom. The maximum atomic E-state index is 8.75. The molecule has 0 amide bonds. The second kappa shape index (κ2) is 9.25. The molecule has 126 valence electrons. The van der Waals surface area contributed by atoms with Crippen molar-refractivity contribution < 1.29 is 19.4 Å². The van der Waals surface area contributed by atoms with Gasteiger partial charge in [-0.15, -0.1) is 6.58 Å². The third-order valence-corrected chi connectivity index (χ3v) is 3.35. The number of nitrogens with zero attached hydrogens (tertiary/aromatic N) is 1. The fraction of sp³-hybridized carbons (Fsp3) is 0.211. The molecule has 5 heteroatoms. The van der Waals surface area contributed by atoms with Crippen LogP contribution in [0.1, 0.15) is 11.1 Å². The second-order valence-electron chi connectivity index (χ2n) is 4.92. The van der Waals surface area contributed by atoms with Gasteiger partial charge in [0.15, 0.2) is 11.5 Å². The van der Waals surface area contributed by atoms with Crippen LogP contribution in [-0.2, 0) is 6.42 Å². The number of oxime groups is 1. The number of hydrogen-bond acceptors (Lipinski definition) is 5. The van der Waals surface area contributed by atoms with Crippen LogP contribution in [-0.4, -0.2) is 31.7 Å². The van der Waals surface area contributed by atoms with Crippen molar-refractivity contribution in [2.45, 2.75) is 6.42 Å². The number of methoxy groups -OCH3 is 1.